The molecular formula is C11H14N2O. The van der Waals surface area contributed by atoms with E-state index in [1.165, 1.54) is 0 Å². The van der Waals surface area contributed by atoms with Crippen molar-refractivity contribution in [3.8, 4) is 5.75 Å². The molecule has 0 amide bonds. The van der Waals surface area contributed by atoms with Crippen molar-refractivity contribution in [1.29, 1.82) is 0 Å². The fourth-order valence-electron chi connectivity index (χ4n) is 1.13. The Hall–Kier alpha value is -1.77. The first-order valence-electron chi connectivity index (χ1n) is 4.60. The third-order valence-electron chi connectivity index (χ3n) is 1.69. The number of anilines is 1. The van der Waals surface area contributed by atoms with E-state index in [0.717, 1.165) is 10.9 Å². The molecule has 0 saturated carbocycles. The number of nitrogen functional groups attached to an aromatic ring is 1. The molecule has 1 aromatic heterocycles. The number of aromatic nitrogens is 1. The largest absolute Gasteiger partial charge is 0.508 e. The molecule has 0 atom stereocenters. The standard InChI is InChI=1S/C9H8N2O.C2H6/c10-7-3-6-1-2-8(12)4-9(6)11-5-7;1-2/h1-5,12H,10H2;1-2H3. The van der Waals surface area contributed by atoms with Crippen molar-refractivity contribution in [3.05, 3.63) is 30.5 Å². The summed E-state index contributed by atoms with van der Waals surface area (Å²) in [7, 11) is 0. The Morgan fingerprint density at radius 3 is 2.64 bits per heavy atom. The molecule has 0 aliphatic carbocycles. The van der Waals surface area contributed by atoms with Crippen molar-refractivity contribution >= 4 is 16.6 Å². The van der Waals surface area contributed by atoms with E-state index in [1.54, 1.807) is 24.4 Å². The molecule has 0 saturated heterocycles. The van der Waals surface area contributed by atoms with E-state index in [9.17, 15) is 0 Å². The Morgan fingerprint density at radius 2 is 1.93 bits per heavy atom. The summed E-state index contributed by atoms with van der Waals surface area (Å²) in [6.45, 7) is 4.00. The Bertz CT molecular complexity index is 385. The average molecular weight is 190 g/mol. The summed E-state index contributed by atoms with van der Waals surface area (Å²) in [6.07, 6.45) is 1.57. The van der Waals surface area contributed by atoms with Crippen LogP contribution < -0.4 is 5.73 Å². The van der Waals surface area contributed by atoms with Crippen LogP contribution in [0.3, 0.4) is 0 Å². The first-order valence-corrected chi connectivity index (χ1v) is 4.60. The maximum Gasteiger partial charge on any atom is 0.117 e. The molecule has 1 heterocycles. The van der Waals surface area contributed by atoms with Crippen LogP contribution in [0.4, 0.5) is 5.69 Å². The van der Waals surface area contributed by atoms with Gasteiger partial charge in [0.15, 0.2) is 0 Å². The van der Waals surface area contributed by atoms with Crippen LogP contribution in [0.2, 0.25) is 0 Å². The molecule has 1 aromatic carbocycles. The summed E-state index contributed by atoms with van der Waals surface area (Å²) in [4.78, 5) is 4.06. The van der Waals surface area contributed by atoms with Gasteiger partial charge in [0.1, 0.15) is 5.75 Å². The zero-order valence-electron chi connectivity index (χ0n) is 8.36. The van der Waals surface area contributed by atoms with Crippen LogP contribution in [0.5, 0.6) is 5.75 Å². The molecule has 0 unspecified atom stereocenters. The number of hydrogen-bond acceptors (Lipinski definition) is 3. The van der Waals surface area contributed by atoms with Gasteiger partial charge in [-0.05, 0) is 18.2 Å². The van der Waals surface area contributed by atoms with Gasteiger partial charge in [0.05, 0.1) is 17.4 Å². The Kier molecular flexibility index (Phi) is 3.29. The van der Waals surface area contributed by atoms with E-state index in [4.69, 9.17) is 10.8 Å². The number of aromatic hydroxyl groups is 1. The van der Waals surface area contributed by atoms with Gasteiger partial charge in [-0.15, -0.1) is 0 Å². The summed E-state index contributed by atoms with van der Waals surface area (Å²) < 4.78 is 0. The summed E-state index contributed by atoms with van der Waals surface area (Å²) in [5.74, 6) is 0.222. The van der Waals surface area contributed by atoms with Crippen molar-refractivity contribution in [2.45, 2.75) is 13.8 Å². The Morgan fingerprint density at radius 1 is 1.21 bits per heavy atom. The number of nitrogens with two attached hydrogens (primary N) is 1. The van der Waals surface area contributed by atoms with Gasteiger partial charge in [0.2, 0.25) is 0 Å². The van der Waals surface area contributed by atoms with Crippen LogP contribution in [0.15, 0.2) is 30.5 Å². The molecule has 0 fully saturated rings. The maximum atomic E-state index is 9.13. The molecule has 0 aliphatic rings. The van der Waals surface area contributed by atoms with Crippen molar-refractivity contribution < 1.29 is 5.11 Å². The second-order valence-corrected chi connectivity index (χ2v) is 2.65. The minimum Gasteiger partial charge on any atom is -0.508 e. The van der Waals surface area contributed by atoms with Gasteiger partial charge in [-0.3, -0.25) is 4.98 Å². The lowest BCUT2D eigenvalue weighted by atomic mass is 10.2. The van der Waals surface area contributed by atoms with E-state index >= 15 is 0 Å². The molecule has 2 aromatic rings. The summed E-state index contributed by atoms with van der Waals surface area (Å²) >= 11 is 0. The number of phenols is 1. The fourth-order valence-corrected chi connectivity index (χ4v) is 1.13. The normalized spacial score (nSPS) is 9.29. The zero-order chi connectivity index (χ0) is 10.6. The molecular weight excluding hydrogens is 176 g/mol. The van der Waals surface area contributed by atoms with Gasteiger partial charge in [0.25, 0.3) is 0 Å². The van der Waals surface area contributed by atoms with Crippen LogP contribution in [-0.2, 0) is 0 Å². The predicted molar refractivity (Wildman–Crippen MR) is 59.2 cm³/mol. The van der Waals surface area contributed by atoms with Gasteiger partial charge in [-0.25, -0.2) is 0 Å². The van der Waals surface area contributed by atoms with E-state index in [0.29, 0.717) is 5.69 Å². The van der Waals surface area contributed by atoms with E-state index in [1.807, 2.05) is 19.9 Å². The summed E-state index contributed by atoms with van der Waals surface area (Å²) in [5, 5.41) is 10.1. The first kappa shape index (κ1) is 10.3. The minimum atomic E-state index is 0.222. The van der Waals surface area contributed by atoms with Crippen LogP contribution >= 0.6 is 0 Å². The molecule has 3 nitrogen and oxygen atoms in total. The summed E-state index contributed by atoms with van der Waals surface area (Å²) in [6, 6.07) is 6.83. The van der Waals surface area contributed by atoms with Gasteiger partial charge < -0.3 is 10.8 Å². The number of rotatable bonds is 0. The highest BCUT2D eigenvalue weighted by molar-refractivity contribution is 5.82. The Balaban J connectivity index is 0.000000461. The van der Waals surface area contributed by atoms with E-state index < -0.39 is 0 Å². The lowest BCUT2D eigenvalue weighted by molar-refractivity contribution is 0.476. The fraction of sp³-hybridized carbons (Fsp3) is 0.182. The second kappa shape index (κ2) is 4.46. The highest BCUT2D eigenvalue weighted by Crippen LogP contribution is 2.19. The molecule has 3 N–H and O–H groups in total. The van der Waals surface area contributed by atoms with Gasteiger partial charge in [-0.1, -0.05) is 13.8 Å². The van der Waals surface area contributed by atoms with E-state index in [2.05, 4.69) is 4.98 Å². The molecule has 3 heteroatoms. The molecule has 74 valence electrons. The molecule has 14 heavy (non-hydrogen) atoms. The molecule has 0 spiro atoms. The monoisotopic (exact) mass is 190 g/mol. The average Bonchev–Trinajstić information content (AvgIpc) is 2.21. The lowest BCUT2D eigenvalue weighted by Gasteiger charge is -1.98. The van der Waals surface area contributed by atoms with Crippen LogP contribution in [-0.4, -0.2) is 10.1 Å². The Labute approximate surface area is 83.2 Å². The molecule has 0 aliphatic heterocycles. The molecule has 0 radical (unpaired) electrons. The predicted octanol–water partition coefficient (Wildman–Crippen LogP) is 2.55. The van der Waals surface area contributed by atoms with Gasteiger partial charge >= 0.3 is 0 Å². The van der Waals surface area contributed by atoms with Gasteiger partial charge in [0, 0.05) is 11.5 Å². The van der Waals surface area contributed by atoms with Crippen molar-refractivity contribution in [2.75, 3.05) is 5.73 Å². The van der Waals surface area contributed by atoms with Gasteiger partial charge in [-0.2, -0.15) is 0 Å². The number of fused-ring (bicyclic) bond motifs is 1. The van der Waals surface area contributed by atoms with Crippen molar-refractivity contribution in [1.82, 2.24) is 4.98 Å². The quantitative estimate of drug-likeness (QED) is 0.671. The third-order valence-corrected chi connectivity index (χ3v) is 1.69. The lowest BCUT2D eigenvalue weighted by Crippen LogP contribution is -1.86. The smallest absolute Gasteiger partial charge is 0.117 e. The maximum absolute atomic E-state index is 9.13. The third kappa shape index (κ3) is 2.13. The van der Waals surface area contributed by atoms with Crippen molar-refractivity contribution in [3.63, 3.8) is 0 Å². The highest BCUT2D eigenvalue weighted by Gasteiger charge is 1.95. The second-order valence-electron chi connectivity index (χ2n) is 2.65. The summed E-state index contributed by atoms with van der Waals surface area (Å²) in [5.41, 5.74) is 6.92. The number of nitrogens with zero attached hydrogens (tertiary/aromatic N) is 1. The first-order chi connectivity index (χ1) is 6.75. The van der Waals surface area contributed by atoms with Crippen LogP contribution in [0.25, 0.3) is 10.9 Å². The van der Waals surface area contributed by atoms with Crippen molar-refractivity contribution in [2.24, 2.45) is 0 Å². The number of hydrogen-bond donors (Lipinski definition) is 2. The van der Waals surface area contributed by atoms with Crippen LogP contribution in [0.1, 0.15) is 13.8 Å². The highest BCUT2D eigenvalue weighted by atomic mass is 16.3. The zero-order valence-corrected chi connectivity index (χ0v) is 8.36. The van der Waals surface area contributed by atoms with E-state index in [-0.39, 0.29) is 5.75 Å². The number of pyridine rings is 1. The number of phenolic OH excluding ortho intramolecular Hbond substituents is 1. The number of benzene rings is 1. The molecule has 0 bridgehead atoms. The van der Waals surface area contributed by atoms with Crippen LogP contribution in [0, 0.1) is 0 Å². The molecule has 2 rings (SSSR count). The minimum absolute atomic E-state index is 0.222. The topological polar surface area (TPSA) is 59.1 Å². The SMILES string of the molecule is CC.Nc1cnc2cc(O)ccc2c1.